The van der Waals surface area contributed by atoms with Crippen molar-refractivity contribution in [3.8, 4) is 5.75 Å². The molecule has 116 valence electrons. The van der Waals surface area contributed by atoms with Crippen LogP contribution >= 0.6 is 0 Å². The van der Waals surface area contributed by atoms with Crippen LogP contribution in [0.5, 0.6) is 5.75 Å². The van der Waals surface area contributed by atoms with Crippen LogP contribution in [0, 0.1) is 0 Å². The summed E-state index contributed by atoms with van der Waals surface area (Å²) in [5.41, 5.74) is 1.02. The molecular formula is C14H20N2O5. The number of methoxy groups -OCH3 is 1. The Morgan fingerprint density at radius 2 is 1.90 bits per heavy atom. The van der Waals surface area contributed by atoms with Crippen LogP contribution in [0.3, 0.4) is 0 Å². The van der Waals surface area contributed by atoms with E-state index in [-0.39, 0.29) is 0 Å². The molecule has 0 unspecified atom stereocenters. The summed E-state index contributed by atoms with van der Waals surface area (Å²) in [6.07, 6.45) is -0.570. The number of aliphatic hydroxyl groups excluding tert-OH is 1. The minimum atomic E-state index is -1.33. The second-order valence-corrected chi connectivity index (χ2v) is 4.55. The molecule has 21 heavy (non-hydrogen) atoms. The molecule has 0 aliphatic carbocycles. The van der Waals surface area contributed by atoms with E-state index in [0.717, 1.165) is 11.3 Å². The third-order valence-electron chi connectivity index (χ3n) is 2.89. The number of rotatable bonds is 7. The predicted molar refractivity (Wildman–Crippen MR) is 76.3 cm³/mol. The van der Waals surface area contributed by atoms with Gasteiger partial charge >= 0.3 is 12.0 Å². The normalized spacial score (nSPS) is 13.1. The first-order valence-corrected chi connectivity index (χ1v) is 6.52. The predicted octanol–water partition coefficient (Wildman–Crippen LogP) is 0.371. The fourth-order valence-corrected chi connectivity index (χ4v) is 1.69. The molecule has 0 aromatic heterocycles. The topological polar surface area (TPSA) is 108 Å². The van der Waals surface area contributed by atoms with Gasteiger partial charge in [-0.25, -0.2) is 9.59 Å². The monoisotopic (exact) mass is 296 g/mol. The van der Waals surface area contributed by atoms with E-state index in [1.165, 1.54) is 6.92 Å². The number of carbonyl (C=O) groups excluding carboxylic acids is 1. The van der Waals surface area contributed by atoms with E-state index in [1.807, 2.05) is 24.3 Å². The van der Waals surface area contributed by atoms with Gasteiger partial charge in [0.05, 0.1) is 13.2 Å². The van der Waals surface area contributed by atoms with Crippen LogP contribution in [-0.2, 0) is 11.2 Å². The average molecular weight is 296 g/mol. The Labute approximate surface area is 122 Å². The van der Waals surface area contributed by atoms with Gasteiger partial charge in [-0.3, -0.25) is 0 Å². The second kappa shape index (κ2) is 8.11. The highest BCUT2D eigenvalue weighted by Crippen LogP contribution is 2.11. The third kappa shape index (κ3) is 5.70. The lowest BCUT2D eigenvalue weighted by molar-refractivity contribution is -0.141. The molecule has 0 fully saturated rings. The van der Waals surface area contributed by atoms with E-state index in [0.29, 0.717) is 13.0 Å². The SMILES string of the molecule is COc1ccc(CCNC(=O)N[C@H](C(=O)O)[C@@H](C)O)cc1. The van der Waals surface area contributed by atoms with Gasteiger partial charge in [-0.15, -0.1) is 0 Å². The van der Waals surface area contributed by atoms with Crippen molar-refractivity contribution in [3.05, 3.63) is 29.8 Å². The molecule has 2 atom stereocenters. The Kier molecular flexibility index (Phi) is 6.48. The highest BCUT2D eigenvalue weighted by Gasteiger charge is 2.24. The lowest BCUT2D eigenvalue weighted by Crippen LogP contribution is -2.51. The maximum Gasteiger partial charge on any atom is 0.328 e. The standard InChI is InChI=1S/C14H20N2O5/c1-9(17)12(13(18)19)16-14(20)15-8-7-10-3-5-11(21-2)6-4-10/h3-6,9,12,17H,7-8H2,1-2H3,(H,18,19)(H2,15,16,20)/t9-,12+/m1/s1. The summed E-state index contributed by atoms with van der Waals surface area (Å²) in [5, 5.41) is 22.8. The molecule has 0 saturated carbocycles. The zero-order chi connectivity index (χ0) is 15.8. The largest absolute Gasteiger partial charge is 0.497 e. The van der Waals surface area contributed by atoms with Crippen molar-refractivity contribution in [3.63, 3.8) is 0 Å². The molecule has 0 heterocycles. The van der Waals surface area contributed by atoms with Crippen molar-refractivity contribution in [1.29, 1.82) is 0 Å². The fourth-order valence-electron chi connectivity index (χ4n) is 1.69. The maximum atomic E-state index is 11.5. The quantitative estimate of drug-likeness (QED) is 0.581. The Morgan fingerprint density at radius 3 is 2.38 bits per heavy atom. The first-order valence-electron chi connectivity index (χ1n) is 6.52. The van der Waals surface area contributed by atoms with Gasteiger partial charge < -0.3 is 25.6 Å². The van der Waals surface area contributed by atoms with Crippen molar-refractivity contribution in [2.24, 2.45) is 0 Å². The van der Waals surface area contributed by atoms with Crippen LogP contribution < -0.4 is 15.4 Å². The number of urea groups is 1. The van der Waals surface area contributed by atoms with Crippen molar-refractivity contribution in [2.45, 2.75) is 25.5 Å². The van der Waals surface area contributed by atoms with E-state index in [2.05, 4.69) is 10.6 Å². The van der Waals surface area contributed by atoms with E-state index in [9.17, 15) is 14.7 Å². The van der Waals surface area contributed by atoms with Crippen LogP contribution in [0.2, 0.25) is 0 Å². The molecule has 1 rings (SSSR count). The van der Waals surface area contributed by atoms with Gasteiger partial charge in [0.25, 0.3) is 0 Å². The molecular weight excluding hydrogens is 276 g/mol. The van der Waals surface area contributed by atoms with Crippen LogP contribution in [0.25, 0.3) is 0 Å². The summed E-state index contributed by atoms with van der Waals surface area (Å²) in [6.45, 7) is 1.65. The van der Waals surface area contributed by atoms with Crippen LogP contribution in [0.15, 0.2) is 24.3 Å². The molecule has 0 bridgehead atoms. The number of amides is 2. The first kappa shape index (κ1) is 16.8. The number of ether oxygens (including phenoxy) is 1. The number of nitrogens with one attached hydrogen (secondary N) is 2. The van der Waals surface area contributed by atoms with Gasteiger partial charge in [-0.05, 0) is 31.0 Å². The minimum Gasteiger partial charge on any atom is -0.497 e. The molecule has 0 aliphatic rings. The molecule has 7 heteroatoms. The van der Waals surface area contributed by atoms with Crippen molar-refractivity contribution >= 4 is 12.0 Å². The molecule has 4 N–H and O–H groups in total. The number of carboxylic acids is 1. The molecule has 1 aromatic carbocycles. The second-order valence-electron chi connectivity index (χ2n) is 4.55. The number of hydrogen-bond acceptors (Lipinski definition) is 4. The van der Waals surface area contributed by atoms with Gasteiger partial charge in [-0.2, -0.15) is 0 Å². The molecule has 0 saturated heterocycles. The Morgan fingerprint density at radius 1 is 1.29 bits per heavy atom. The van der Waals surface area contributed by atoms with Gasteiger partial charge in [0.1, 0.15) is 5.75 Å². The Hall–Kier alpha value is -2.28. The lowest BCUT2D eigenvalue weighted by atomic mass is 10.1. The number of carboxylic acid groups (broad SMARTS) is 1. The highest BCUT2D eigenvalue weighted by molar-refractivity contribution is 5.82. The smallest absolute Gasteiger partial charge is 0.328 e. The number of benzene rings is 1. The number of hydrogen-bond donors (Lipinski definition) is 4. The molecule has 1 aromatic rings. The van der Waals surface area contributed by atoms with E-state index < -0.39 is 24.1 Å². The fraction of sp³-hybridized carbons (Fsp3) is 0.429. The van der Waals surface area contributed by atoms with E-state index in [1.54, 1.807) is 7.11 Å². The maximum absolute atomic E-state index is 11.5. The van der Waals surface area contributed by atoms with Crippen LogP contribution in [0.1, 0.15) is 12.5 Å². The van der Waals surface area contributed by atoms with Crippen molar-refractivity contribution in [2.75, 3.05) is 13.7 Å². The average Bonchev–Trinajstić information content (AvgIpc) is 2.45. The molecule has 0 aliphatic heterocycles. The molecule has 0 radical (unpaired) electrons. The summed E-state index contributed by atoms with van der Waals surface area (Å²) in [7, 11) is 1.59. The van der Waals surface area contributed by atoms with Crippen LogP contribution in [-0.4, -0.2) is 48.0 Å². The zero-order valence-electron chi connectivity index (χ0n) is 12.0. The molecule has 2 amide bonds. The van der Waals surface area contributed by atoms with Gasteiger partial charge in [0.15, 0.2) is 6.04 Å². The summed E-state index contributed by atoms with van der Waals surface area (Å²) >= 11 is 0. The van der Waals surface area contributed by atoms with E-state index >= 15 is 0 Å². The lowest BCUT2D eigenvalue weighted by Gasteiger charge is -2.17. The first-order chi connectivity index (χ1) is 9.93. The Bertz CT molecular complexity index is 473. The summed E-state index contributed by atoms with van der Waals surface area (Å²) in [6, 6.07) is 5.46. The van der Waals surface area contributed by atoms with Crippen molar-refractivity contribution < 1.29 is 24.5 Å². The highest BCUT2D eigenvalue weighted by atomic mass is 16.5. The van der Waals surface area contributed by atoms with Gasteiger partial charge in [0.2, 0.25) is 0 Å². The Balaban J connectivity index is 2.37. The third-order valence-corrected chi connectivity index (χ3v) is 2.89. The van der Waals surface area contributed by atoms with Gasteiger partial charge in [0, 0.05) is 6.54 Å². The zero-order valence-corrected chi connectivity index (χ0v) is 12.0. The summed E-state index contributed by atoms with van der Waals surface area (Å²) in [5.74, 6) is -0.527. The van der Waals surface area contributed by atoms with Crippen LogP contribution in [0.4, 0.5) is 4.79 Å². The van der Waals surface area contributed by atoms with Crippen molar-refractivity contribution in [1.82, 2.24) is 10.6 Å². The number of carbonyl (C=O) groups is 2. The van der Waals surface area contributed by atoms with Gasteiger partial charge in [-0.1, -0.05) is 12.1 Å². The summed E-state index contributed by atoms with van der Waals surface area (Å²) in [4.78, 5) is 22.4. The van der Waals surface area contributed by atoms with E-state index in [4.69, 9.17) is 9.84 Å². The molecule has 7 nitrogen and oxygen atoms in total. The minimum absolute atomic E-state index is 0.351. The molecule has 0 spiro atoms. The summed E-state index contributed by atoms with van der Waals surface area (Å²) < 4.78 is 5.04. The number of aliphatic carboxylic acids is 1. The number of aliphatic hydroxyl groups is 1.